The third-order valence-corrected chi connectivity index (χ3v) is 2.41. The minimum atomic E-state index is -0.398. The van der Waals surface area contributed by atoms with E-state index in [-0.39, 0.29) is 5.91 Å². The zero-order valence-electron chi connectivity index (χ0n) is 10.2. The molecular formula is C13H20N2O2. The molecule has 0 saturated heterocycles. The molecule has 3 N–H and O–H groups in total. The number of nitrogens with one attached hydrogen (secondary N) is 1. The third kappa shape index (κ3) is 5.36. The molecule has 0 radical (unpaired) electrons. The fourth-order valence-electron chi connectivity index (χ4n) is 1.31. The molecule has 0 spiro atoms. The zero-order valence-corrected chi connectivity index (χ0v) is 10.2. The van der Waals surface area contributed by atoms with Crippen LogP contribution in [0.25, 0.3) is 0 Å². The summed E-state index contributed by atoms with van der Waals surface area (Å²) in [6.45, 7) is 3.08. The van der Waals surface area contributed by atoms with E-state index in [1.807, 2.05) is 37.3 Å². The van der Waals surface area contributed by atoms with Gasteiger partial charge in [-0.2, -0.15) is 0 Å². The molecule has 0 aliphatic rings. The van der Waals surface area contributed by atoms with Crippen LogP contribution in [0.2, 0.25) is 0 Å². The maximum Gasteiger partial charge on any atom is 0.236 e. The average Bonchev–Trinajstić information content (AvgIpc) is 2.38. The van der Waals surface area contributed by atoms with Crippen molar-refractivity contribution in [2.75, 3.05) is 13.2 Å². The fourth-order valence-corrected chi connectivity index (χ4v) is 1.31. The minimum Gasteiger partial charge on any atom is -0.494 e. The maximum absolute atomic E-state index is 11.3. The van der Waals surface area contributed by atoms with Crippen LogP contribution in [0.3, 0.4) is 0 Å². The Kier molecular flexibility index (Phi) is 6.10. The molecule has 17 heavy (non-hydrogen) atoms. The molecule has 94 valence electrons. The van der Waals surface area contributed by atoms with Crippen LogP contribution in [-0.2, 0) is 4.79 Å². The van der Waals surface area contributed by atoms with E-state index in [9.17, 15) is 4.79 Å². The summed E-state index contributed by atoms with van der Waals surface area (Å²) in [5, 5.41) is 2.78. The smallest absolute Gasteiger partial charge is 0.236 e. The van der Waals surface area contributed by atoms with Crippen molar-refractivity contribution in [3.05, 3.63) is 30.3 Å². The molecule has 4 nitrogen and oxygen atoms in total. The molecule has 0 heterocycles. The lowest BCUT2D eigenvalue weighted by Gasteiger charge is -2.10. The lowest BCUT2D eigenvalue weighted by molar-refractivity contribution is -0.122. The summed E-state index contributed by atoms with van der Waals surface area (Å²) in [5.74, 6) is 0.760. The number of nitrogens with two attached hydrogens (primary N) is 1. The molecule has 1 amide bonds. The number of carbonyl (C=O) groups excluding carboxylic acids is 1. The molecule has 0 bridgehead atoms. The molecule has 1 rings (SSSR count). The number of hydrogen-bond acceptors (Lipinski definition) is 3. The molecule has 4 heteroatoms. The van der Waals surface area contributed by atoms with Gasteiger partial charge >= 0.3 is 0 Å². The van der Waals surface area contributed by atoms with Gasteiger partial charge in [0.1, 0.15) is 5.75 Å². The van der Waals surface area contributed by atoms with E-state index in [1.165, 1.54) is 0 Å². The van der Waals surface area contributed by atoms with Gasteiger partial charge in [-0.1, -0.05) is 25.1 Å². The highest BCUT2D eigenvalue weighted by Crippen LogP contribution is 2.07. The second-order valence-corrected chi connectivity index (χ2v) is 3.82. The Hall–Kier alpha value is -1.55. The van der Waals surface area contributed by atoms with Crippen molar-refractivity contribution in [3.63, 3.8) is 0 Å². The largest absolute Gasteiger partial charge is 0.494 e. The molecule has 1 aromatic carbocycles. The number of benzene rings is 1. The molecule has 1 atom stereocenters. The van der Waals surface area contributed by atoms with Gasteiger partial charge in [-0.05, 0) is 25.0 Å². The summed E-state index contributed by atoms with van der Waals surface area (Å²) in [6.07, 6.45) is 1.43. The predicted molar refractivity (Wildman–Crippen MR) is 67.8 cm³/mol. The first-order chi connectivity index (χ1) is 8.24. The Labute approximate surface area is 102 Å². The van der Waals surface area contributed by atoms with Gasteiger partial charge in [0.05, 0.1) is 12.6 Å². The standard InChI is InChI=1S/C13H20N2O2/c1-2-12(14)13(16)15-9-6-10-17-11-7-4-3-5-8-11/h3-5,7-8,12H,2,6,9-10,14H2,1H3,(H,15,16)/t12-/m1/s1. The van der Waals surface area contributed by atoms with Gasteiger partial charge in [-0.3, -0.25) is 4.79 Å². The van der Waals surface area contributed by atoms with Crippen molar-refractivity contribution in [1.82, 2.24) is 5.32 Å². The summed E-state index contributed by atoms with van der Waals surface area (Å²) >= 11 is 0. The molecular weight excluding hydrogens is 216 g/mol. The summed E-state index contributed by atoms with van der Waals surface area (Å²) in [7, 11) is 0. The fraction of sp³-hybridized carbons (Fsp3) is 0.462. The zero-order chi connectivity index (χ0) is 12.5. The summed E-state index contributed by atoms with van der Waals surface area (Å²) in [4.78, 5) is 11.3. The van der Waals surface area contributed by atoms with Crippen LogP contribution < -0.4 is 15.8 Å². The number of carbonyl (C=O) groups is 1. The van der Waals surface area contributed by atoms with E-state index in [4.69, 9.17) is 10.5 Å². The van der Waals surface area contributed by atoms with E-state index < -0.39 is 6.04 Å². The molecule has 0 saturated carbocycles. The minimum absolute atomic E-state index is 0.0905. The second kappa shape index (κ2) is 7.68. The average molecular weight is 236 g/mol. The van der Waals surface area contributed by atoms with Crippen LogP contribution >= 0.6 is 0 Å². The van der Waals surface area contributed by atoms with E-state index in [0.29, 0.717) is 19.6 Å². The Balaban J connectivity index is 2.07. The third-order valence-electron chi connectivity index (χ3n) is 2.41. The van der Waals surface area contributed by atoms with Crippen LogP contribution in [0.5, 0.6) is 5.75 Å². The van der Waals surface area contributed by atoms with Crippen LogP contribution in [-0.4, -0.2) is 25.1 Å². The molecule has 0 aliphatic carbocycles. The van der Waals surface area contributed by atoms with Crippen molar-refractivity contribution in [1.29, 1.82) is 0 Å². The first kappa shape index (κ1) is 13.5. The monoisotopic (exact) mass is 236 g/mol. The summed E-state index contributed by atoms with van der Waals surface area (Å²) in [6, 6.07) is 9.22. The van der Waals surface area contributed by atoms with Gasteiger partial charge in [0, 0.05) is 6.54 Å². The first-order valence-corrected chi connectivity index (χ1v) is 5.95. The molecule has 0 fully saturated rings. The van der Waals surface area contributed by atoms with Gasteiger partial charge in [-0.15, -0.1) is 0 Å². The van der Waals surface area contributed by atoms with Gasteiger partial charge in [-0.25, -0.2) is 0 Å². The SMILES string of the molecule is CC[C@@H](N)C(=O)NCCCOc1ccccc1. The summed E-state index contributed by atoms with van der Waals surface area (Å²) < 4.78 is 5.49. The maximum atomic E-state index is 11.3. The highest BCUT2D eigenvalue weighted by molar-refractivity contribution is 5.81. The Morgan fingerprint density at radius 1 is 1.41 bits per heavy atom. The van der Waals surface area contributed by atoms with Crippen molar-refractivity contribution < 1.29 is 9.53 Å². The lowest BCUT2D eigenvalue weighted by atomic mass is 10.2. The quantitative estimate of drug-likeness (QED) is 0.702. The lowest BCUT2D eigenvalue weighted by Crippen LogP contribution is -2.40. The van der Waals surface area contributed by atoms with Crippen LogP contribution in [0.1, 0.15) is 19.8 Å². The highest BCUT2D eigenvalue weighted by Gasteiger charge is 2.08. The van der Waals surface area contributed by atoms with Gasteiger partial charge in [0.15, 0.2) is 0 Å². The van der Waals surface area contributed by atoms with Crippen molar-refractivity contribution in [2.24, 2.45) is 5.73 Å². The van der Waals surface area contributed by atoms with E-state index in [2.05, 4.69) is 5.32 Å². The van der Waals surface area contributed by atoms with Gasteiger partial charge in [0.2, 0.25) is 5.91 Å². The van der Waals surface area contributed by atoms with Gasteiger partial charge < -0.3 is 15.8 Å². The van der Waals surface area contributed by atoms with Crippen molar-refractivity contribution in [2.45, 2.75) is 25.8 Å². The predicted octanol–water partition coefficient (Wildman–Crippen LogP) is 1.31. The van der Waals surface area contributed by atoms with Crippen LogP contribution in [0, 0.1) is 0 Å². The van der Waals surface area contributed by atoms with E-state index in [0.717, 1.165) is 12.2 Å². The number of ether oxygens (including phenoxy) is 1. The number of hydrogen-bond donors (Lipinski definition) is 2. The Morgan fingerprint density at radius 2 is 2.12 bits per heavy atom. The van der Waals surface area contributed by atoms with Crippen LogP contribution in [0.4, 0.5) is 0 Å². The Bertz CT molecular complexity index is 327. The number of para-hydroxylation sites is 1. The number of amides is 1. The van der Waals surface area contributed by atoms with Crippen LogP contribution in [0.15, 0.2) is 30.3 Å². The first-order valence-electron chi connectivity index (χ1n) is 5.95. The van der Waals surface area contributed by atoms with E-state index in [1.54, 1.807) is 0 Å². The normalized spacial score (nSPS) is 11.9. The molecule has 0 unspecified atom stereocenters. The molecule has 1 aromatic rings. The van der Waals surface area contributed by atoms with Crippen molar-refractivity contribution >= 4 is 5.91 Å². The summed E-state index contributed by atoms with van der Waals surface area (Å²) in [5.41, 5.74) is 5.58. The molecule has 0 aliphatic heterocycles. The Morgan fingerprint density at radius 3 is 2.76 bits per heavy atom. The van der Waals surface area contributed by atoms with Crippen molar-refractivity contribution in [3.8, 4) is 5.75 Å². The van der Waals surface area contributed by atoms with E-state index >= 15 is 0 Å². The number of rotatable bonds is 7. The van der Waals surface area contributed by atoms with Gasteiger partial charge in [0.25, 0.3) is 0 Å². The highest BCUT2D eigenvalue weighted by atomic mass is 16.5. The topological polar surface area (TPSA) is 64.4 Å². The second-order valence-electron chi connectivity index (χ2n) is 3.82. The molecule has 0 aromatic heterocycles.